The summed E-state index contributed by atoms with van der Waals surface area (Å²) >= 11 is 0. The van der Waals surface area contributed by atoms with E-state index in [4.69, 9.17) is 0 Å². The first-order valence-corrected chi connectivity index (χ1v) is 4.33. The van der Waals surface area contributed by atoms with Crippen molar-refractivity contribution < 1.29 is 9.90 Å². The summed E-state index contributed by atoms with van der Waals surface area (Å²) in [5, 5.41) is 9.78. The van der Waals surface area contributed by atoms with Crippen LogP contribution in [0.25, 0.3) is 0 Å². The molecule has 0 amide bonds. The molecule has 0 aromatic heterocycles. The molecule has 0 heterocycles. The van der Waals surface area contributed by atoms with Gasteiger partial charge >= 0.3 is 0 Å². The summed E-state index contributed by atoms with van der Waals surface area (Å²) < 4.78 is 0. The predicted octanol–water partition coefficient (Wildman–Crippen LogP) is 1.52. The molecule has 0 radical (unpaired) electrons. The monoisotopic (exact) mass is 156 g/mol. The standard InChI is InChI=1S/C9H16O2/c1-9(11,6-7-10)8-4-2-3-5-8/h7-8,11H,2-6H2,1H3. The molecule has 0 saturated heterocycles. The average Bonchev–Trinajstić information content (AvgIpc) is 2.37. The zero-order chi connectivity index (χ0) is 8.32. The van der Waals surface area contributed by atoms with Gasteiger partial charge in [0.25, 0.3) is 0 Å². The SMILES string of the molecule is CC(O)(CC=O)C1CCCC1. The van der Waals surface area contributed by atoms with Gasteiger partial charge in [0, 0.05) is 6.42 Å². The van der Waals surface area contributed by atoms with Crippen molar-refractivity contribution in [3.05, 3.63) is 0 Å². The average molecular weight is 156 g/mol. The summed E-state index contributed by atoms with van der Waals surface area (Å²) in [5.41, 5.74) is -0.738. The highest BCUT2D eigenvalue weighted by Gasteiger charge is 2.33. The minimum absolute atomic E-state index is 0.289. The molecule has 2 nitrogen and oxygen atoms in total. The lowest BCUT2D eigenvalue weighted by Crippen LogP contribution is -2.33. The molecular formula is C9H16O2. The maximum Gasteiger partial charge on any atom is 0.122 e. The lowest BCUT2D eigenvalue weighted by Gasteiger charge is -2.27. The second-order valence-electron chi connectivity index (χ2n) is 3.71. The van der Waals surface area contributed by atoms with Crippen LogP contribution < -0.4 is 0 Å². The molecular weight excluding hydrogens is 140 g/mol. The van der Waals surface area contributed by atoms with Crippen molar-refractivity contribution in [2.24, 2.45) is 5.92 Å². The Hall–Kier alpha value is -0.370. The van der Waals surface area contributed by atoms with Crippen LogP contribution in [0.1, 0.15) is 39.0 Å². The number of carbonyl (C=O) groups excluding carboxylic acids is 1. The van der Waals surface area contributed by atoms with Gasteiger partial charge in [-0.15, -0.1) is 0 Å². The Bertz CT molecular complexity index is 134. The smallest absolute Gasteiger partial charge is 0.122 e. The van der Waals surface area contributed by atoms with Gasteiger partial charge in [-0.25, -0.2) is 0 Å². The van der Waals surface area contributed by atoms with Gasteiger partial charge in [0.05, 0.1) is 5.60 Å². The van der Waals surface area contributed by atoms with Crippen LogP contribution in [0.2, 0.25) is 0 Å². The van der Waals surface area contributed by atoms with Gasteiger partial charge in [-0.3, -0.25) is 0 Å². The zero-order valence-corrected chi connectivity index (χ0v) is 7.05. The minimum Gasteiger partial charge on any atom is -0.389 e. The lowest BCUT2D eigenvalue weighted by atomic mass is 9.85. The van der Waals surface area contributed by atoms with Crippen molar-refractivity contribution in [2.45, 2.75) is 44.6 Å². The molecule has 1 N–H and O–H groups in total. The van der Waals surface area contributed by atoms with Crippen molar-refractivity contribution in [2.75, 3.05) is 0 Å². The Balaban J connectivity index is 2.47. The molecule has 0 bridgehead atoms. The number of rotatable bonds is 3. The maximum absolute atomic E-state index is 10.2. The van der Waals surface area contributed by atoms with Gasteiger partial charge < -0.3 is 9.90 Å². The maximum atomic E-state index is 10.2. The normalized spacial score (nSPS) is 24.9. The van der Waals surface area contributed by atoms with Crippen LogP contribution in [0.5, 0.6) is 0 Å². The molecule has 1 aliphatic carbocycles. The van der Waals surface area contributed by atoms with Crippen molar-refractivity contribution in [3.63, 3.8) is 0 Å². The molecule has 1 unspecified atom stereocenters. The van der Waals surface area contributed by atoms with Crippen molar-refractivity contribution in [3.8, 4) is 0 Å². The fraction of sp³-hybridized carbons (Fsp3) is 0.889. The zero-order valence-electron chi connectivity index (χ0n) is 7.05. The molecule has 2 heteroatoms. The molecule has 1 rings (SSSR count). The van der Waals surface area contributed by atoms with Crippen LogP contribution in [0, 0.1) is 5.92 Å². The van der Waals surface area contributed by atoms with E-state index in [2.05, 4.69) is 0 Å². The van der Waals surface area contributed by atoms with Crippen LogP contribution >= 0.6 is 0 Å². The summed E-state index contributed by atoms with van der Waals surface area (Å²) in [6.45, 7) is 1.78. The quantitative estimate of drug-likeness (QED) is 0.629. The van der Waals surface area contributed by atoms with Gasteiger partial charge in [0.2, 0.25) is 0 Å². The van der Waals surface area contributed by atoms with Crippen molar-refractivity contribution in [1.82, 2.24) is 0 Å². The first kappa shape index (κ1) is 8.72. The number of carbonyl (C=O) groups is 1. The Morgan fingerprint density at radius 3 is 2.55 bits per heavy atom. The van der Waals surface area contributed by atoms with E-state index < -0.39 is 5.60 Å². The number of hydrogen-bond acceptors (Lipinski definition) is 2. The van der Waals surface area contributed by atoms with Crippen LogP contribution in [0.4, 0.5) is 0 Å². The summed E-state index contributed by atoms with van der Waals surface area (Å²) in [5.74, 6) is 0.354. The topological polar surface area (TPSA) is 37.3 Å². The Morgan fingerprint density at radius 2 is 2.09 bits per heavy atom. The fourth-order valence-corrected chi connectivity index (χ4v) is 1.88. The van der Waals surface area contributed by atoms with Gasteiger partial charge in [-0.1, -0.05) is 12.8 Å². The third-order valence-corrected chi connectivity index (χ3v) is 2.73. The molecule has 0 spiro atoms. The van der Waals surface area contributed by atoms with Crippen LogP contribution in [-0.2, 0) is 4.79 Å². The van der Waals surface area contributed by atoms with Crippen LogP contribution in [0.3, 0.4) is 0 Å². The Labute approximate surface area is 67.6 Å². The van der Waals surface area contributed by atoms with Gasteiger partial charge in [-0.05, 0) is 25.7 Å². The second-order valence-corrected chi connectivity index (χ2v) is 3.71. The van der Waals surface area contributed by atoms with E-state index in [-0.39, 0.29) is 6.42 Å². The summed E-state index contributed by atoms with van der Waals surface area (Å²) in [6, 6.07) is 0. The van der Waals surface area contributed by atoms with E-state index in [0.717, 1.165) is 19.1 Å². The second kappa shape index (κ2) is 3.35. The molecule has 1 atom stereocenters. The van der Waals surface area contributed by atoms with Crippen molar-refractivity contribution >= 4 is 6.29 Å². The van der Waals surface area contributed by atoms with E-state index in [1.54, 1.807) is 6.92 Å². The van der Waals surface area contributed by atoms with Gasteiger partial charge in [0.1, 0.15) is 6.29 Å². The number of hydrogen-bond donors (Lipinski definition) is 1. The predicted molar refractivity (Wildman–Crippen MR) is 43.3 cm³/mol. The number of aliphatic hydroxyl groups is 1. The summed E-state index contributed by atoms with van der Waals surface area (Å²) in [7, 11) is 0. The largest absolute Gasteiger partial charge is 0.389 e. The van der Waals surface area contributed by atoms with E-state index in [9.17, 15) is 9.90 Å². The third kappa shape index (κ3) is 2.03. The van der Waals surface area contributed by atoms with Crippen molar-refractivity contribution in [1.29, 1.82) is 0 Å². The minimum atomic E-state index is -0.738. The van der Waals surface area contributed by atoms with E-state index in [1.807, 2.05) is 0 Å². The molecule has 1 fully saturated rings. The molecule has 64 valence electrons. The first-order valence-electron chi connectivity index (χ1n) is 4.33. The molecule has 0 aliphatic heterocycles. The highest BCUT2D eigenvalue weighted by molar-refractivity contribution is 5.51. The highest BCUT2D eigenvalue weighted by atomic mass is 16.3. The summed E-state index contributed by atoms with van der Waals surface area (Å²) in [4.78, 5) is 10.2. The Morgan fingerprint density at radius 1 is 1.55 bits per heavy atom. The fourth-order valence-electron chi connectivity index (χ4n) is 1.88. The molecule has 11 heavy (non-hydrogen) atoms. The molecule has 1 saturated carbocycles. The molecule has 1 aliphatic rings. The first-order chi connectivity index (χ1) is 5.17. The van der Waals surface area contributed by atoms with Crippen LogP contribution in [-0.4, -0.2) is 17.0 Å². The third-order valence-electron chi connectivity index (χ3n) is 2.73. The summed E-state index contributed by atoms with van der Waals surface area (Å²) in [6.07, 6.45) is 5.69. The van der Waals surface area contributed by atoms with E-state index in [0.29, 0.717) is 5.92 Å². The van der Waals surface area contributed by atoms with E-state index >= 15 is 0 Å². The Kier molecular flexibility index (Phi) is 2.66. The highest BCUT2D eigenvalue weighted by Crippen LogP contribution is 2.35. The van der Waals surface area contributed by atoms with E-state index in [1.165, 1.54) is 12.8 Å². The van der Waals surface area contributed by atoms with Crippen LogP contribution in [0.15, 0.2) is 0 Å². The van der Waals surface area contributed by atoms with Gasteiger partial charge in [0.15, 0.2) is 0 Å². The van der Waals surface area contributed by atoms with Gasteiger partial charge in [-0.2, -0.15) is 0 Å². The molecule has 0 aromatic rings. The lowest BCUT2D eigenvalue weighted by molar-refractivity contribution is -0.113. The number of aldehydes is 1. The molecule has 0 aromatic carbocycles.